The minimum absolute atomic E-state index is 0.00248. The summed E-state index contributed by atoms with van der Waals surface area (Å²) in [6.07, 6.45) is 6.90. The molecule has 1 saturated heterocycles. The van der Waals surface area contributed by atoms with E-state index in [9.17, 15) is 13.9 Å². The van der Waals surface area contributed by atoms with Crippen LogP contribution in [0.3, 0.4) is 0 Å². The Kier molecular flexibility index (Phi) is 4.06. The van der Waals surface area contributed by atoms with Crippen LogP contribution in [0.4, 0.5) is 8.78 Å². The van der Waals surface area contributed by atoms with E-state index in [-0.39, 0.29) is 30.3 Å². The molecule has 116 valence electrons. The lowest BCUT2D eigenvalue weighted by Gasteiger charge is -2.43. The van der Waals surface area contributed by atoms with E-state index in [4.69, 9.17) is 4.74 Å². The number of rotatable bonds is 2. The van der Waals surface area contributed by atoms with E-state index in [1.807, 2.05) is 0 Å². The van der Waals surface area contributed by atoms with Gasteiger partial charge in [-0.25, -0.2) is 8.78 Å². The Labute approximate surface area is 119 Å². The third-order valence-electron chi connectivity index (χ3n) is 5.77. The molecule has 2 unspecified atom stereocenters. The Hall–Kier alpha value is -0.220. The fourth-order valence-electron chi connectivity index (χ4n) is 4.51. The highest BCUT2D eigenvalue weighted by Crippen LogP contribution is 2.46. The molecule has 3 rings (SSSR count). The smallest absolute Gasteiger partial charge is 0.248 e. The summed E-state index contributed by atoms with van der Waals surface area (Å²) < 4.78 is 32.4. The van der Waals surface area contributed by atoms with Gasteiger partial charge in [0.1, 0.15) is 0 Å². The van der Waals surface area contributed by atoms with Crippen molar-refractivity contribution < 1.29 is 18.6 Å². The van der Waals surface area contributed by atoms with Gasteiger partial charge in [-0.2, -0.15) is 0 Å². The number of ether oxygens (including phenoxy) is 1. The lowest BCUT2D eigenvalue weighted by atomic mass is 9.73. The number of alkyl halides is 2. The van der Waals surface area contributed by atoms with Crippen LogP contribution in [0.1, 0.15) is 64.2 Å². The largest absolute Gasteiger partial charge is 0.393 e. The van der Waals surface area contributed by atoms with Crippen LogP contribution >= 0.6 is 0 Å². The maximum atomic E-state index is 13.2. The first kappa shape index (κ1) is 14.7. The third-order valence-corrected chi connectivity index (χ3v) is 5.77. The van der Waals surface area contributed by atoms with Crippen LogP contribution in [-0.2, 0) is 4.74 Å². The topological polar surface area (TPSA) is 29.5 Å². The summed E-state index contributed by atoms with van der Waals surface area (Å²) in [4.78, 5) is 0. The zero-order chi connectivity index (χ0) is 14.2. The second-order valence-electron chi connectivity index (χ2n) is 7.18. The molecule has 0 bridgehead atoms. The number of hydrogen-bond donors (Lipinski definition) is 1. The van der Waals surface area contributed by atoms with Gasteiger partial charge in [0.15, 0.2) is 0 Å². The van der Waals surface area contributed by atoms with Gasteiger partial charge in [-0.3, -0.25) is 0 Å². The van der Waals surface area contributed by atoms with Crippen molar-refractivity contribution in [3.8, 4) is 0 Å². The van der Waals surface area contributed by atoms with E-state index in [1.165, 1.54) is 12.8 Å². The van der Waals surface area contributed by atoms with Gasteiger partial charge in [-0.15, -0.1) is 0 Å². The lowest BCUT2D eigenvalue weighted by molar-refractivity contribution is -0.129. The van der Waals surface area contributed by atoms with Crippen LogP contribution in [0.15, 0.2) is 0 Å². The van der Waals surface area contributed by atoms with Crippen LogP contribution in [0.5, 0.6) is 0 Å². The van der Waals surface area contributed by atoms with Crippen molar-refractivity contribution in [1.29, 1.82) is 0 Å². The first-order valence-corrected chi connectivity index (χ1v) is 8.20. The minimum atomic E-state index is -2.50. The fraction of sp³-hybridized carbons (Fsp3) is 1.00. The van der Waals surface area contributed by atoms with Crippen LogP contribution < -0.4 is 0 Å². The van der Waals surface area contributed by atoms with Crippen molar-refractivity contribution in [2.24, 2.45) is 11.8 Å². The van der Waals surface area contributed by atoms with Crippen LogP contribution in [0.25, 0.3) is 0 Å². The molecule has 20 heavy (non-hydrogen) atoms. The van der Waals surface area contributed by atoms with E-state index in [0.29, 0.717) is 12.8 Å². The molecule has 0 aromatic rings. The van der Waals surface area contributed by atoms with E-state index in [2.05, 4.69) is 0 Å². The van der Waals surface area contributed by atoms with Gasteiger partial charge in [-0.1, -0.05) is 12.8 Å². The van der Waals surface area contributed by atoms with E-state index >= 15 is 0 Å². The highest BCUT2D eigenvalue weighted by molar-refractivity contribution is 4.94. The Morgan fingerprint density at radius 1 is 0.950 bits per heavy atom. The quantitative estimate of drug-likeness (QED) is 0.834. The summed E-state index contributed by atoms with van der Waals surface area (Å²) in [7, 11) is 0. The summed E-state index contributed by atoms with van der Waals surface area (Å²) in [5.74, 6) is -2.19. The SMILES string of the molecule is OC(C1CCC(F)(F)CC1)C1CCOC2(CCCC2)C1. The van der Waals surface area contributed by atoms with E-state index < -0.39 is 12.0 Å². The predicted molar refractivity (Wildman–Crippen MR) is 72.8 cm³/mol. The number of aliphatic hydroxyl groups is 1. The molecule has 0 amide bonds. The molecule has 3 aliphatic rings. The zero-order valence-corrected chi connectivity index (χ0v) is 12.1. The van der Waals surface area contributed by atoms with Crippen molar-refractivity contribution in [2.45, 2.75) is 81.8 Å². The third kappa shape index (κ3) is 3.01. The van der Waals surface area contributed by atoms with Crippen LogP contribution in [0, 0.1) is 11.8 Å². The predicted octanol–water partition coefficient (Wildman–Crippen LogP) is 3.91. The Bertz CT molecular complexity index is 329. The number of halogens is 2. The maximum absolute atomic E-state index is 13.2. The maximum Gasteiger partial charge on any atom is 0.248 e. The van der Waals surface area contributed by atoms with Gasteiger partial charge in [0.25, 0.3) is 0 Å². The summed E-state index contributed by atoms with van der Waals surface area (Å²) in [6, 6.07) is 0. The van der Waals surface area contributed by atoms with Crippen molar-refractivity contribution in [2.75, 3.05) is 6.61 Å². The first-order valence-electron chi connectivity index (χ1n) is 8.20. The molecule has 1 heterocycles. The molecule has 2 atom stereocenters. The standard InChI is InChI=1S/C16H26F2O2/c17-16(18)8-3-12(4-9-16)14(19)13-5-10-20-15(11-13)6-1-2-7-15/h12-14,19H,1-11H2. The molecule has 2 saturated carbocycles. The molecule has 0 radical (unpaired) electrons. The monoisotopic (exact) mass is 288 g/mol. The Balaban J connectivity index is 1.58. The highest BCUT2D eigenvalue weighted by Gasteiger charge is 2.45. The Morgan fingerprint density at radius 3 is 2.25 bits per heavy atom. The van der Waals surface area contributed by atoms with Gasteiger partial charge in [-0.05, 0) is 50.4 Å². The lowest BCUT2D eigenvalue weighted by Crippen LogP contribution is -2.44. The first-order chi connectivity index (χ1) is 9.50. The van der Waals surface area contributed by atoms with Crippen molar-refractivity contribution in [3.63, 3.8) is 0 Å². The van der Waals surface area contributed by atoms with Gasteiger partial charge in [0, 0.05) is 19.4 Å². The molecule has 1 spiro atoms. The number of hydrogen-bond acceptors (Lipinski definition) is 2. The van der Waals surface area contributed by atoms with Crippen LogP contribution in [0.2, 0.25) is 0 Å². The summed E-state index contributed by atoms with van der Waals surface area (Å²) in [5, 5.41) is 10.6. The summed E-state index contributed by atoms with van der Waals surface area (Å²) >= 11 is 0. The van der Waals surface area contributed by atoms with Crippen molar-refractivity contribution in [1.82, 2.24) is 0 Å². The molecule has 3 fully saturated rings. The molecule has 0 aromatic carbocycles. The minimum Gasteiger partial charge on any atom is -0.393 e. The molecule has 1 aliphatic heterocycles. The fourth-order valence-corrected chi connectivity index (χ4v) is 4.51. The van der Waals surface area contributed by atoms with Gasteiger partial charge in [0.05, 0.1) is 11.7 Å². The van der Waals surface area contributed by atoms with Crippen LogP contribution in [-0.4, -0.2) is 29.3 Å². The molecule has 0 aromatic heterocycles. The summed E-state index contributed by atoms with van der Waals surface area (Å²) in [6.45, 7) is 0.727. The van der Waals surface area contributed by atoms with Gasteiger partial charge >= 0.3 is 0 Å². The molecule has 2 aliphatic carbocycles. The van der Waals surface area contributed by atoms with Crippen molar-refractivity contribution >= 4 is 0 Å². The highest BCUT2D eigenvalue weighted by atomic mass is 19.3. The normalized spacial score (nSPS) is 35.2. The summed E-state index contributed by atoms with van der Waals surface area (Å²) in [5.41, 5.74) is 0.00248. The molecule has 4 heteroatoms. The van der Waals surface area contributed by atoms with E-state index in [1.54, 1.807) is 0 Å². The molecular formula is C16H26F2O2. The molecule has 2 nitrogen and oxygen atoms in total. The van der Waals surface area contributed by atoms with Gasteiger partial charge in [0.2, 0.25) is 5.92 Å². The average Bonchev–Trinajstić information content (AvgIpc) is 2.86. The molecular weight excluding hydrogens is 262 g/mol. The van der Waals surface area contributed by atoms with E-state index in [0.717, 1.165) is 32.3 Å². The average molecular weight is 288 g/mol. The van der Waals surface area contributed by atoms with Gasteiger partial charge < -0.3 is 9.84 Å². The second-order valence-corrected chi connectivity index (χ2v) is 7.18. The van der Waals surface area contributed by atoms with Crippen molar-refractivity contribution in [3.05, 3.63) is 0 Å². The molecule has 1 N–H and O–H groups in total. The number of aliphatic hydroxyl groups excluding tert-OH is 1. The second kappa shape index (κ2) is 5.53. The Morgan fingerprint density at radius 2 is 1.60 bits per heavy atom. The zero-order valence-electron chi connectivity index (χ0n) is 12.1.